The van der Waals surface area contributed by atoms with Crippen LogP contribution in [0.15, 0.2) is 58.3 Å². The molecule has 0 spiro atoms. The largest absolute Gasteiger partial charge is 0.318 e. The van der Waals surface area contributed by atoms with Crippen molar-refractivity contribution in [2.75, 3.05) is 5.32 Å². The summed E-state index contributed by atoms with van der Waals surface area (Å²) in [5.41, 5.74) is 3.09. The Morgan fingerprint density at radius 2 is 1.31 bits per heavy atom. The number of rotatable bonds is 6. The van der Waals surface area contributed by atoms with Crippen LogP contribution in [-0.4, -0.2) is 22.7 Å². The van der Waals surface area contributed by atoms with Gasteiger partial charge in [0.2, 0.25) is 26.6 Å². The zero-order chi connectivity index (χ0) is 29.9. The van der Waals surface area contributed by atoms with E-state index in [1.54, 1.807) is 4.57 Å². The fourth-order valence-electron chi connectivity index (χ4n) is 3.42. The van der Waals surface area contributed by atoms with Crippen molar-refractivity contribution >= 4 is 54.8 Å². The highest BCUT2D eigenvalue weighted by Gasteiger charge is 2.28. The number of aryl methyl sites for hydroxylation is 2. The molecule has 5 N–H and O–H groups in total. The van der Waals surface area contributed by atoms with Gasteiger partial charge in [-0.15, -0.1) is 10.2 Å². The van der Waals surface area contributed by atoms with Gasteiger partial charge in [0.1, 0.15) is 9.79 Å². The predicted octanol–water partition coefficient (Wildman–Crippen LogP) is -2.26. The third-order valence-electron chi connectivity index (χ3n) is 5.00. The third kappa shape index (κ3) is 9.33. The lowest BCUT2D eigenvalue weighted by atomic mass is 10.0. The Labute approximate surface area is 236 Å². The van der Waals surface area contributed by atoms with Crippen LogP contribution in [0.3, 0.4) is 0 Å². The number of aromatic nitrogens is 1. The molecule has 0 saturated heterocycles. The van der Waals surface area contributed by atoms with Crippen molar-refractivity contribution < 1.29 is 55.1 Å². The SMILES string of the molecule is Cc1cc(-c2ccccc2)cc(C)[n+]1CC(=O)Nc1c(S(N)(=O)=O)cc(S(N)(=O)=O)c(Cl)c1Cl.[O-][Cl+3]([O-])([O-])[O-]. The molecule has 212 valence electrons. The topological polar surface area (TPSA) is 246 Å². The number of primary sulfonamides is 2. The average Bonchev–Trinajstić information content (AvgIpc) is 2.77. The summed E-state index contributed by atoms with van der Waals surface area (Å²) in [6, 6.07) is 14.2. The van der Waals surface area contributed by atoms with Gasteiger partial charge < -0.3 is 5.32 Å². The first kappa shape index (κ1) is 32.8. The minimum absolute atomic E-state index is 0.193. The Bertz CT molecular complexity index is 1580. The van der Waals surface area contributed by atoms with Crippen LogP contribution in [0.2, 0.25) is 10.0 Å². The summed E-state index contributed by atoms with van der Waals surface area (Å²) >= 11 is 12.1. The van der Waals surface area contributed by atoms with E-state index in [2.05, 4.69) is 5.32 Å². The number of sulfonamides is 2. The van der Waals surface area contributed by atoms with Crippen LogP contribution in [0.4, 0.5) is 5.69 Å². The minimum atomic E-state index is -4.94. The zero-order valence-corrected chi connectivity index (χ0v) is 24.0. The minimum Gasteiger partial charge on any atom is -0.318 e. The summed E-state index contributed by atoms with van der Waals surface area (Å²) in [6.45, 7) is 3.46. The first-order valence-electron chi connectivity index (χ1n) is 10.3. The molecule has 0 fully saturated rings. The normalized spacial score (nSPS) is 11.9. The van der Waals surface area contributed by atoms with E-state index in [-0.39, 0.29) is 6.54 Å². The van der Waals surface area contributed by atoms with Gasteiger partial charge in [-0.3, -0.25) is 4.79 Å². The second kappa shape index (κ2) is 12.4. The van der Waals surface area contributed by atoms with Crippen molar-refractivity contribution in [3.05, 3.63) is 70.0 Å². The molecular weight excluding hydrogens is 623 g/mol. The van der Waals surface area contributed by atoms with Gasteiger partial charge in [-0.25, -0.2) is 45.7 Å². The lowest BCUT2D eigenvalue weighted by Crippen LogP contribution is -2.68. The van der Waals surface area contributed by atoms with Gasteiger partial charge >= 0.3 is 0 Å². The molecule has 0 atom stereocenters. The van der Waals surface area contributed by atoms with Crippen LogP contribution in [-0.2, 0) is 31.4 Å². The van der Waals surface area contributed by atoms with Gasteiger partial charge in [-0.1, -0.05) is 53.5 Å². The monoisotopic (exact) mass is 642 g/mol. The number of nitrogens with zero attached hydrogens (tertiary/aromatic N) is 1. The number of carbonyl (C=O) groups excluding carboxylic acids is 1. The van der Waals surface area contributed by atoms with Crippen molar-refractivity contribution in [3.8, 4) is 11.1 Å². The van der Waals surface area contributed by atoms with Gasteiger partial charge in [0.05, 0.1) is 15.7 Å². The molecule has 0 aliphatic heterocycles. The number of pyridine rings is 1. The van der Waals surface area contributed by atoms with Gasteiger partial charge in [0.25, 0.3) is 5.91 Å². The van der Waals surface area contributed by atoms with Crippen molar-refractivity contribution in [1.82, 2.24) is 0 Å². The number of hydrogen-bond acceptors (Lipinski definition) is 9. The Morgan fingerprint density at radius 3 is 1.74 bits per heavy atom. The zero-order valence-electron chi connectivity index (χ0n) is 20.1. The maximum atomic E-state index is 12.9. The fraction of sp³-hybridized carbons (Fsp3) is 0.143. The lowest BCUT2D eigenvalue weighted by molar-refractivity contribution is -2.00. The lowest BCUT2D eigenvalue weighted by Gasteiger charge is -2.17. The summed E-state index contributed by atoms with van der Waals surface area (Å²) in [5, 5.41) is 11.6. The maximum absolute atomic E-state index is 12.9. The smallest absolute Gasteiger partial charge is 0.290 e. The van der Waals surface area contributed by atoms with Crippen LogP contribution in [0.1, 0.15) is 11.4 Å². The van der Waals surface area contributed by atoms with E-state index < -0.39 is 61.7 Å². The van der Waals surface area contributed by atoms with Crippen LogP contribution in [0.25, 0.3) is 11.1 Å². The first-order chi connectivity index (χ1) is 17.7. The van der Waals surface area contributed by atoms with Gasteiger partial charge in [-0.05, 0) is 17.2 Å². The molecule has 0 bridgehead atoms. The third-order valence-corrected chi connectivity index (χ3v) is 7.85. The number of amides is 1. The van der Waals surface area contributed by atoms with Crippen LogP contribution in [0, 0.1) is 24.1 Å². The van der Waals surface area contributed by atoms with Crippen molar-refractivity contribution in [3.63, 3.8) is 0 Å². The fourth-order valence-corrected chi connectivity index (χ4v) is 5.69. The van der Waals surface area contributed by atoms with E-state index in [0.29, 0.717) is 6.07 Å². The summed E-state index contributed by atoms with van der Waals surface area (Å²) in [5.74, 6) is -0.644. The quantitative estimate of drug-likeness (QED) is 0.245. The highest BCUT2D eigenvalue weighted by molar-refractivity contribution is 7.90. The van der Waals surface area contributed by atoms with Crippen LogP contribution in [0.5, 0.6) is 0 Å². The molecule has 1 heterocycles. The van der Waals surface area contributed by atoms with E-state index in [4.69, 9.17) is 52.1 Å². The summed E-state index contributed by atoms with van der Waals surface area (Å²) in [6.07, 6.45) is 0. The van der Waals surface area contributed by atoms with Crippen molar-refractivity contribution in [1.29, 1.82) is 0 Å². The van der Waals surface area contributed by atoms with E-state index in [0.717, 1.165) is 22.5 Å². The molecule has 0 unspecified atom stereocenters. The van der Waals surface area contributed by atoms with Gasteiger partial charge in [0.15, 0.2) is 11.4 Å². The van der Waals surface area contributed by atoms with E-state index in [1.165, 1.54) is 0 Å². The molecule has 3 rings (SSSR count). The van der Waals surface area contributed by atoms with Crippen LogP contribution >= 0.6 is 23.2 Å². The summed E-state index contributed by atoms with van der Waals surface area (Å²) < 4.78 is 83.4. The predicted molar refractivity (Wildman–Crippen MR) is 129 cm³/mol. The molecular formula is C21H21Cl3N4O9S2. The van der Waals surface area contributed by atoms with Gasteiger partial charge in [-0.2, -0.15) is 4.57 Å². The number of benzene rings is 2. The molecule has 1 amide bonds. The summed E-state index contributed by atoms with van der Waals surface area (Å²) in [7, 11) is -13.9. The second-order valence-corrected chi connectivity index (χ2v) is 12.4. The van der Waals surface area contributed by atoms with E-state index >= 15 is 0 Å². The number of anilines is 1. The number of carbonyl (C=O) groups is 1. The molecule has 0 aliphatic carbocycles. The summed E-state index contributed by atoms with van der Waals surface area (Å²) in [4.78, 5) is 11.4. The first-order valence-corrected chi connectivity index (χ1v) is 15.3. The van der Waals surface area contributed by atoms with Gasteiger partial charge in [0, 0.05) is 26.0 Å². The molecule has 0 saturated carbocycles. The highest BCUT2D eigenvalue weighted by Crippen LogP contribution is 2.39. The molecule has 39 heavy (non-hydrogen) atoms. The molecule has 3 aromatic rings. The number of nitrogens with one attached hydrogen (secondary N) is 1. The molecule has 1 aromatic heterocycles. The van der Waals surface area contributed by atoms with E-state index in [1.807, 2.05) is 56.3 Å². The Balaban J connectivity index is 0.000000976. The van der Waals surface area contributed by atoms with Crippen molar-refractivity contribution in [2.24, 2.45) is 10.3 Å². The molecule has 13 nitrogen and oxygen atoms in total. The standard InChI is InChI=1S/C21H20Cl2N4O5S2.ClHO4/c1-12-8-15(14-6-4-3-5-7-14)9-13(2)27(12)11-18(28)26-21-17(34(25,31)32)10-16(33(24,29)30)19(22)20(21)23;2-1(3,4)5/h3-10H,11H2,1-2H3,(H4-,24,25,26,28,29,30,31,32);(H,2,3,4,5). The Kier molecular flexibility index (Phi) is 10.4. The average molecular weight is 644 g/mol. The highest BCUT2D eigenvalue weighted by atomic mass is 35.7. The second-order valence-electron chi connectivity index (χ2n) is 7.87. The number of nitrogens with two attached hydrogens (primary N) is 2. The molecule has 2 aromatic carbocycles. The Morgan fingerprint density at radius 1 is 0.846 bits per heavy atom. The Hall–Kier alpha value is -2.41. The number of halogens is 3. The van der Waals surface area contributed by atoms with Crippen LogP contribution < -0.4 is 38.8 Å². The number of hydrogen-bond donors (Lipinski definition) is 3. The molecule has 0 aliphatic rings. The molecule has 0 radical (unpaired) electrons. The van der Waals surface area contributed by atoms with Crippen molar-refractivity contribution in [2.45, 2.75) is 30.2 Å². The molecule has 18 heteroatoms. The maximum Gasteiger partial charge on any atom is 0.290 e. The van der Waals surface area contributed by atoms with E-state index in [9.17, 15) is 21.6 Å².